The lowest BCUT2D eigenvalue weighted by atomic mass is 9.81. The van der Waals surface area contributed by atoms with E-state index in [0.717, 1.165) is 92.4 Å². The van der Waals surface area contributed by atoms with E-state index in [4.69, 9.17) is 66.9 Å². The van der Waals surface area contributed by atoms with E-state index < -0.39 is 243 Å². The van der Waals surface area contributed by atoms with E-state index in [1.54, 1.807) is 6.92 Å². The number of carbonyl (C=O) groups is 9. The number of likely N-dealkylation sites (N-methyl/N-ethyl adjacent to an activating group) is 1. The van der Waals surface area contributed by atoms with Crippen molar-refractivity contribution in [3.05, 3.63) is 139 Å². The minimum atomic E-state index is -2.39. The van der Waals surface area contributed by atoms with Gasteiger partial charge in [0.05, 0.1) is 54.5 Å². The number of amides is 9. The Morgan fingerprint density at radius 3 is 2.00 bits per heavy atom. The van der Waals surface area contributed by atoms with Gasteiger partial charge in [-0.15, -0.1) is 0 Å². The molecular weight excluding hydrogens is 1690 g/mol. The molecule has 3 fully saturated rings. The first-order valence-corrected chi connectivity index (χ1v) is 41.7. The Bertz CT molecular complexity index is 5120. The molecule has 0 spiro atoms. The van der Waals surface area contributed by atoms with Gasteiger partial charge >= 0.3 is 5.69 Å². The zero-order valence-electron chi connectivity index (χ0n) is 69.5. The maximum atomic E-state index is 16.4. The number of aromatic hydroxyl groups is 3. The van der Waals surface area contributed by atoms with Crippen LogP contribution in [0, 0.1) is 17.8 Å². The van der Waals surface area contributed by atoms with E-state index in [0.29, 0.717) is 5.92 Å². The van der Waals surface area contributed by atoms with Crippen molar-refractivity contribution in [1.29, 1.82) is 0 Å². The van der Waals surface area contributed by atoms with Gasteiger partial charge in [-0.05, 0) is 146 Å². The Hall–Kier alpha value is -10.9. The number of hydroxylamine groups is 1. The Morgan fingerprint density at radius 1 is 0.714 bits per heavy atom. The molecule has 1 aliphatic carbocycles. The number of phenols is 3. The zero-order chi connectivity index (χ0) is 91.0. The summed E-state index contributed by atoms with van der Waals surface area (Å²) >= 11 is 14.4. The SMILES string of the molecule is CN[C@H](CC(C)C)C(=O)N[C@H]1C(=O)N[C@@H](CC(N)=O)C(=O)N[C@H]2C(=O)N[C@H]3C(=O)N[C@H](C(=O)N[C@@H](C(=O)NOCCOC)c4cc(O)cc(O)c4-c4cc3ccc4O)[C@H](O)c3ccc(c(Cl)c3)Oc3cc2cc(c3O[C@@H]2O[C@H](CO)[C@@H](O)[C@H](O)[C@H]2O[C@H]2C[C@](C)(NCCn3ccc(NC(=O)CC4CCC(C)CC4)nc3=O)[C@H](O)[C@H](C)O2)Oc2ccc(cc2Cl)[C@H]1O. The topological polar surface area (TPSA) is 591 Å². The van der Waals surface area contributed by atoms with Gasteiger partial charge in [-0.1, -0.05) is 75.0 Å². The summed E-state index contributed by atoms with van der Waals surface area (Å²) in [7, 11) is 2.81. The van der Waals surface area contributed by atoms with Gasteiger partial charge in [-0.3, -0.25) is 52.6 Å². The molecule has 42 heteroatoms. The maximum absolute atomic E-state index is 16.4. The lowest BCUT2D eigenvalue weighted by Crippen LogP contribution is -2.65. The Kier molecular flexibility index (Phi) is 30.5. The molecule has 5 aromatic carbocycles. The highest BCUT2D eigenvalue weighted by Gasteiger charge is 2.52. The van der Waals surface area contributed by atoms with Crippen LogP contribution in [0.25, 0.3) is 11.1 Å². The van der Waals surface area contributed by atoms with Crippen molar-refractivity contribution in [2.24, 2.45) is 23.5 Å². The maximum Gasteiger partial charge on any atom is 0.349 e. The van der Waals surface area contributed by atoms with Gasteiger partial charge in [0.2, 0.25) is 59.3 Å². The van der Waals surface area contributed by atoms with E-state index >= 15 is 24.0 Å². The van der Waals surface area contributed by atoms with Gasteiger partial charge in [-0.2, -0.15) is 4.98 Å². The fourth-order valence-corrected chi connectivity index (χ4v) is 16.5. The molecule has 2 saturated heterocycles. The van der Waals surface area contributed by atoms with Crippen molar-refractivity contribution >= 4 is 82.2 Å². The molecule has 8 heterocycles. The average molecular weight is 1800 g/mol. The predicted molar refractivity (Wildman–Crippen MR) is 444 cm³/mol. The molecule has 40 nitrogen and oxygen atoms in total. The summed E-state index contributed by atoms with van der Waals surface area (Å²) in [5, 5.41) is 130. The summed E-state index contributed by atoms with van der Waals surface area (Å²) in [4.78, 5) is 156. The van der Waals surface area contributed by atoms with Crippen LogP contribution in [0.2, 0.25) is 10.0 Å². The molecule has 680 valence electrons. The molecule has 9 amide bonds. The molecule has 8 aliphatic rings. The fraction of sp³-hybridized carbons (Fsp3) is 0.488. The second kappa shape index (κ2) is 40.8. The minimum absolute atomic E-state index is 0.00221. The van der Waals surface area contributed by atoms with Crippen LogP contribution >= 0.6 is 23.2 Å². The van der Waals surface area contributed by atoms with E-state index in [9.17, 15) is 69.9 Å². The highest BCUT2D eigenvalue weighted by atomic mass is 35.5. The standard InChI is InChI=1S/C84H103Cl2N13O27/c1-36(2)24-49(88-6)75(111)96-66-68(106)41-13-16-53(47(85)27-41)122-55-29-43-30-56(72(55)126-82-73(71(109)70(108)57(35-100)124-82)125-61-34-84(5,74(110)38(4)121-61)89-19-21-99-20-18-59(92-83(99)118)91-60(105)25-39-10-8-37(3)9-11-39)123-54-17-14-42(28-48(54)86)69(107)67-80(116)95-65(81(117)98-120-23-22-119-7)46-31-44(101)32-52(103)62(46)45-26-40(12-15-51(45)102)63(77(113)97-67)94-78(114)64(43)93-76(112)50(33-58(87)104)90-79(66)115/h12-18,20,26-32,36-39,49-50,57,61,63-71,73-74,82,88-89,100-103,106-110H,8-11,19,21-25,33-35H2,1-7H3,(H2,87,104)(H,90,115)(H,93,112)(H,94,114)(H,95,116)(H,96,111)(H,97,113)(H,98,117)(H,91,92,105,118)/t37?,38-,39?,49+,50-,57+,61-,63+,64+,65+,66+,67-,68+,69+,70+,71-,73+,74+,82-,84-/m0/s1. The van der Waals surface area contributed by atoms with Gasteiger partial charge in [-0.25, -0.2) is 10.3 Å². The number of primary amides is 1. The molecular formula is C84H103Cl2N13O27. The van der Waals surface area contributed by atoms with Crippen LogP contribution < -0.4 is 79.0 Å². The third-order valence-corrected chi connectivity index (χ3v) is 23.5. The number of aliphatic hydroxyl groups is 6. The van der Waals surface area contributed by atoms with Gasteiger partial charge in [0.1, 0.15) is 101 Å². The number of anilines is 1. The van der Waals surface area contributed by atoms with Crippen LogP contribution in [0.4, 0.5) is 5.82 Å². The molecule has 126 heavy (non-hydrogen) atoms. The molecule has 7 aliphatic heterocycles. The highest BCUT2D eigenvalue weighted by molar-refractivity contribution is 6.32. The number of fused-ring (bicyclic) bond motifs is 15. The summed E-state index contributed by atoms with van der Waals surface area (Å²) in [5.74, 6) is -14.8. The number of hydrogen-bond donors (Lipinski definition) is 20. The summed E-state index contributed by atoms with van der Waals surface area (Å²) in [5.41, 5.74) is 3.22. The van der Waals surface area contributed by atoms with E-state index in [1.807, 2.05) is 13.8 Å². The van der Waals surface area contributed by atoms with E-state index in [2.05, 4.69) is 65.2 Å². The number of halogens is 2. The van der Waals surface area contributed by atoms with Crippen molar-refractivity contribution in [3.63, 3.8) is 0 Å². The first-order valence-electron chi connectivity index (χ1n) is 40.9. The monoisotopic (exact) mass is 1800 g/mol. The Labute approximate surface area is 731 Å². The van der Waals surface area contributed by atoms with E-state index in [1.165, 1.54) is 50.0 Å². The molecule has 14 rings (SSSR count). The third kappa shape index (κ3) is 21.8. The van der Waals surface area contributed by atoms with Gasteiger partial charge in [0.25, 0.3) is 5.91 Å². The second-order valence-electron chi connectivity index (χ2n) is 32.7. The van der Waals surface area contributed by atoms with Crippen LogP contribution in [0.15, 0.2) is 95.9 Å². The molecule has 1 saturated carbocycles. The van der Waals surface area contributed by atoms with Crippen molar-refractivity contribution in [2.75, 3.05) is 45.8 Å². The number of nitrogens with one attached hydrogen (secondary N) is 10. The number of hydrogen-bond acceptors (Lipinski definition) is 30. The fourth-order valence-electron chi connectivity index (χ4n) is 16.1. The smallest absolute Gasteiger partial charge is 0.349 e. The first-order chi connectivity index (χ1) is 59.9. The van der Waals surface area contributed by atoms with E-state index in [-0.39, 0.29) is 96.6 Å². The van der Waals surface area contributed by atoms with Gasteiger partial charge < -0.3 is 133 Å². The number of phenolic OH excluding ortho intramolecular Hbond substituents is 3. The third-order valence-electron chi connectivity index (χ3n) is 22.9. The number of ether oxygens (including phenoxy) is 7. The Morgan fingerprint density at radius 2 is 1.37 bits per heavy atom. The average Bonchev–Trinajstić information content (AvgIpc) is 0.764. The zero-order valence-corrected chi connectivity index (χ0v) is 71.0. The summed E-state index contributed by atoms with van der Waals surface area (Å²) < 4.78 is 45.8. The number of aliphatic hydroxyl groups excluding tert-OH is 6. The highest BCUT2D eigenvalue weighted by Crippen LogP contribution is 2.50. The molecule has 1 aromatic heterocycles. The molecule has 11 bridgehead atoms. The number of nitrogens with two attached hydrogens (primary N) is 1. The quantitative estimate of drug-likeness (QED) is 0.0303. The molecule has 0 radical (unpaired) electrons. The number of carbonyl (C=O) groups excluding carboxylic acids is 9. The lowest BCUT2D eigenvalue weighted by molar-refractivity contribution is -0.334. The predicted octanol–water partition coefficient (Wildman–Crippen LogP) is 1.76. The van der Waals surface area contributed by atoms with Crippen molar-refractivity contribution in [2.45, 2.75) is 202 Å². The van der Waals surface area contributed by atoms with Crippen molar-refractivity contribution < 1.29 is 127 Å². The van der Waals surface area contributed by atoms with Crippen molar-refractivity contribution in [1.82, 2.24) is 57.6 Å². The molecule has 0 unspecified atom stereocenters. The number of aromatic nitrogens is 2. The van der Waals surface area contributed by atoms with Crippen LogP contribution in [0.1, 0.15) is 144 Å². The van der Waals surface area contributed by atoms with Gasteiger partial charge in [0, 0.05) is 62.0 Å². The summed E-state index contributed by atoms with van der Waals surface area (Å²) in [6.07, 6.45) is -13.7. The Balaban J connectivity index is 0.998. The summed E-state index contributed by atoms with van der Waals surface area (Å²) in [6.45, 7) is 7.58. The van der Waals surface area contributed by atoms with Crippen molar-refractivity contribution in [3.8, 4) is 57.1 Å². The molecule has 21 N–H and O–H groups in total. The normalized spacial score (nSPS) is 27.8. The largest absolute Gasteiger partial charge is 0.508 e. The number of benzene rings is 5. The second-order valence-corrected chi connectivity index (χ2v) is 33.5. The van der Waals surface area contributed by atoms with Crippen LogP contribution in [0.5, 0.6) is 46.0 Å². The van der Waals surface area contributed by atoms with Crippen LogP contribution in [-0.4, -0.2) is 228 Å². The minimum Gasteiger partial charge on any atom is -0.508 e. The van der Waals surface area contributed by atoms with Gasteiger partial charge in [0.15, 0.2) is 23.9 Å². The first kappa shape index (κ1) is 94.2. The number of nitrogens with zero attached hydrogens (tertiary/aromatic N) is 2. The van der Waals surface area contributed by atoms with Crippen LogP contribution in [0.3, 0.4) is 0 Å². The molecule has 6 aromatic rings. The number of rotatable bonds is 24. The molecule has 18 atom stereocenters. The summed E-state index contributed by atoms with van der Waals surface area (Å²) in [6, 6.07) is 1.09. The number of methoxy groups -OCH3 is 1. The van der Waals surface area contributed by atoms with Crippen LogP contribution in [-0.2, 0) is 73.5 Å². The lowest BCUT2D eigenvalue weighted by Gasteiger charge is -2.48.